The Kier molecular flexibility index (Phi) is 4.55. The molecular formula is C18H16ClN3O2S. The van der Waals surface area contributed by atoms with Crippen LogP contribution in [0.5, 0.6) is 11.5 Å². The van der Waals surface area contributed by atoms with Gasteiger partial charge in [0.15, 0.2) is 28.6 Å². The highest BCUT2D eigenvalue weighted by molar-refractivity contribution is 7.98. The fourth-order valence-electron chi connectivity index (χ4n) is 2.64. The summed E-state index contributed by atoms with van der Waals surface area (Å²) in [7, 11) is 1.94. The molecule has 4 rings (SSSR count). The van der Waals surface area contributed by atoms with Crippen molar-refractivity contribution < 1.29 is 9.47 Å². The van der Waals surface area contributed by atoms with Crippen molar-refractivity contribution in [3.8, 4) is 11.5 Å². The van der Waals surface area contributed by atoms with Gasteiger partial charge in [-0.1, -0.05) is 53.7 Å². The van der Waals surface area contributed by atoms with Crippen LogP contribution in [0.4, 0.5) is 0 Å². The molecule has 0 fully saturated rings. The summed E-state index contributed by atoms with van der Waals surface area (Å²) in [5.41, 5.74) is 1.07. The van der Waals surface area contributed by atoms with E-state index >= 15 is 0 Å². The third-order valence-electron chi connectivity index (χ3n) is 3.98. The third-order valence-corrected chi connectivity index (χ3v) is 5.42. The van der Waals surface area contributed by atoms with E-state index in [1.807, 2.05) is 60.1 Å². The van der Waals surface area contributed by atoms with Gasteiger partial charge in [-0.2, -0.15) is 0 Å². The summed E-state index contributed by atoms with van der Waals surface area (Å²) >= 11 is 7.81. The maximum absolute atomic E-state index is 6.21. The van der Waals surface area contributed by atoms with Crippen LogP contribution in [0.25, 0.3) is 0 Å². The third kappa shape index (κ3) is 3.32. The molecule has 5 nitrogen and oxygen atoms in total. The summed E-state index contributed by atoms with van der Waals surface area (Å²) in [6.45, 7) is 0.415. The standard InChI is InChI=1S/C18H16ClN3O2S/c1-22-17(16-10-23-14-8-4-5-9-15(14)24-16)20-21-18(22)25-11-12-6-2-3-7-13(12)19/h2-9,16H,10-11H2,1H3. The van der Waals surface area contributed by atoms with Crippen LogP contribution in [0.2, 0.25) is 5.02 Å². The van der Waals surface area contributed by atoms with Crippen LogP contribution < -0.4 is 9.47 Å². The van der Waals surface area contributed by atoms with Gasteiger partial charge in [-0.05, 0) is 23.8 Å². The number of hydrogen-bond acceptors (Lipinski definition) is 5. The van der Waals surface area contributed by atoms with Crippen LogP contribution in [-0.4, -0.2) is 21.4 Å². The minimum Gasteiger partial charge on any atom is -0.485 e. The van der Waals surface area contributed by atoms with Crippen LogP contribution >= 0.6 is 23.4 Å². The lowest BCUT2D eigenvalue weighted by molar-refractivity contribution is 0.0825. The summed E-state index contributed by atoms with van der Waals surface area (Å²) in [6, 6.07) is 15.5. The van der Waals surface area contributed by atoms with Gasteiger partial charge in [-0.15, -0.1) is 10.2 Å². The van der Waals surface area contributed by atoms with E-state index in [2.05, 4.69) is 10.2 Å². The molecule has 2 aromatic carbocycles. The molecule has 25 heavy (non-hydrogen) atoms. The van der Waals surface area contributed by atoms with Crippen LogP contribution in [0.3, 0.4) is 0 Å². The van der Waals surface area contributed by atoms with E-state index in [9.17, 15) is 0 Å². The van der Waals surface area contributed by atoms with Crippen molar-refractivity contribution in [2.45, 2.75) is 17.0 Å². The Morgan fingerprint density at radius 3 is 2.72 bits per heavy atom. The number of fused-ring (bicyclic) bond motifs is 1. The SMILES string of the molecule is Cn1c(SCc2ccccc2Cl)nnc1C1COc2ccccc2O1. The highest BCUT2D eigenvalue weighted by atomic mass is 35.5. The molecule has 0 radical (unpaired) electrons. The summed E-state index contributed by atoms with van der Waals surface area (Å²) < 4.78 is 13.7. The van der Waals surface area contributed by atoms with E-state index < -0.39 is 0 Å². The van der Waals surface area contributed by atoms with Gasteiger partial charge in [0.25, 0.3) is 0 Å². The lowest BCUT2D eigenvalue weighted by Gasteiger charge is -2.25. The van der Waals surface area contributed by atoms with Gasteiger partial charge >= 0.3 is 0 Å². The van der Waals surface area contributed by atoms with E-state index in [1.54, 1.807) is 11.8 Å². The smallest absolute Gasteiger partial charge is 0.192 e. The summed E-state index contributed by atoms with van der Waals surface area (Å²) in [6.07, 6.45) is -0.276. The fourth-order valence-corrected chi connectivity index (χ4v) is 3.84. The first-order valence-electron chi connectivity index (χ1n) is 7.86. The van der Waals surface area contributed by atoms with Gasteiger partial charge in [-0.25, -0.2) is 0 Å². The quantitative estimate of drug-likeness (QED) is 0.639. The summed E-state index contributed by atoms with van der Waals surface area (Å²) in [5.74, 6) is 2.97. The number of para-hydroxylation sites is 2. The Bertz CT molecular complexity index is 900. The predicted molar refractivity (Wildman–Crippen MR) is 97.3 cm³/mol. The Hall–Kier alpha value is -2.18. The zero-order chi connectivity index (χ0) is 17.2. The number of ether oxygens (including phenoxy) is 2. The first-order valence-corrected chi connectivity index (χ1v) is 9.22. The Balaban J connectivity index is 1.49. The number of halogens is 1. The molecule has 0 amide bonds. The second-order valence-corrected chi connectivity index (χ2v) is 6.99. The van der Waals surface area contributed by atoms with Crippen LogP contribution in [-0.2, 0) is 12.8 Å². The molecule has 7 heteroatoms. The molecule has 128 valence electrons. The first kappa shape index (κ1) is 16.3. The first-order chi connectivity index (χ1) is 12.2. The van der Waals surface area contributed by atoms with Crippen LogP contribution in [0.15, 0.2) is 53.7 Å². The van der Waals surface area contributed by atoms with E-state index in [4.69, 9.17) is 21.1 Å². The normalized spacial score (nSPS) is 16.0. The van der Waals surface area contributed by atoms with Gasteiger partial charge in [-0.3, -0.25) is 0 Å². The Labute approximate surface area is 154 Å². The van der Waals surface area contributed by atoms with E-state index in [0.717, 1.165) is 38.8 Å². The van der Waals surface area contributed by atoms with Crippen molar-refractivity contribution in [2.24, 2.45) is 7.05 Å². The molecule has 1 atom stereocenters. The molecule has 0 saturated carbocycles. The highest BCUT2D eigenvalue weighted by Crippen LogP contribution is 2.36. The van der Waals surface area contributed by atoms with Crippen molar-refractivity contribution in [2.75, 3.05) is 6.61 Å². The molecule has 1 aliphatic rings. The zero-order valence-electron chi connectivity index (χ0n) is 13.6. The van der Waals surface area contributed by atoms with Gasteiger partial charge in [0.2, 0.25) is 0 Å². The van der Waals surface area contributed by atoms with Gasteiger partial charge in [0, 0.05) is 17.8 Å². The van der Waals surface area contributed by atoms with E-state index in [-0.39, 0.29) is 6.10 Å². The second kappa shape index (κ2) is 6.98. The minimum absolute atomic E-state index is 0.276. The molecule has 0 bridgehead atoms. The Morgan fingerprint density at radius 2 is 1.88 bits per heavy atom. The topological polar surface area (TPSA) is 49.2 Å². The maximum Gasteiger partial charge on any atom is 0.192 e. The number of aromatic nitrogens is 3. The van der Waals surface area contributed by atoms with Crippen molar-refractivity contribution in [3.63, 3.8) is 0 Å². The van der Waals surface area contributed by atoms with Crippen molar-refractivity contribution in [1.29, 1.82) is 0 Å². The van der Waals surface area contributed by atoms with Gasteiger partial charge in [0.05, 0.1) is 0 Å². The number of hydrogen-bond donors (Lipinski definition) is 0. The fraction of sp³-hybridized carbons (Fsp3) is 0.222. The number of nitrogens with zero attached hydrogens (tertiary/aromatic N) is 3. The van der Waals surface area contributed by atoms with E-state index in [0.29, 0.717) is 6.61 Å². The van der Waals surface area contributed by atoms with Gasteiger partial charge in [0.1, 0.15) is 6.61 Å². The highest BCUT2D eigenvalue weighted by Gasteiger charge is 2.27. The molecule has 1 unspecified atom stereocenters. The van der Waals surface area contributed by atoms with Crippen LogP contribution in [0, 0.1) is 0 Å². The average Bonchev–Trinajstić information content (AvgIpc) is 3.01. The molecule has 0 aliphatic carbocycles. The van der Waals surface area contributed by atoms with Crippen LogP contribution in [0.1, 0.15) is 17.5 Å². The summed E-state index contributed by atoms with van der Waals surface area (Å²) in [4.78, 5) is 0. The average molecular weight is 374 g/mol. The molecule has 3 aromatic rings. The number of benzene rings is 2. The lowest BCUT2D eigenvalue weighted by atomic mass is 10.2. The monoisotopic (exact) mass is 373 g/mol. The molecule has 0 N–H and O–H groups in total. The predicted octanol–water partition coefficient (Wildman–Crippen LogP) is 4.27. The second-order valence-electron chi connectivity index (χ2n) is 5.64. The van der Waals surface area contributed by atoms with Gasteiger partial charge < -0.3 is 14.0 Å². The maximum atomic E-state index is 6.21. The van der Waals surface area contributed by atoms with Crippen molar-refractivity contribution in [1.82, 2.24) is 14.8 Å². The minimum atomic E-state index is -0.276. The Morgan fingerprint density at radius 1 is 1.12 bits per heavy atom. The number of rotatable bonds is 4. The molecule has 0 saturated heterocycles. The lowest BCUT2D eigenvalue weighted by Crippen LogP contribution is -2.24. The molecule has 2 heterocycles. The molecule has 0 spiro atoms. The largest absolute Gasteiger partial charge is 0.485 e. The molecular weight excluding hydrogens is 358 g/mol. The number of thioether (sulfide) groups is 1. The molecule has 1 aromatic heterocycles. The van der Waals surface area contributed by atoms with Crippen molar-refractivity contribution >= 4 is 23.4 Å². The van der Waals surface area contributed by atoms with Crippen molar-refractivity contribution in [3.05, 3.63) is 64.9 Å². The molecule has 1 aliphatic heterocycles. The summed E-state index contributed by atoms with van der Waals surface area (Å²) in [5, 5.41) is 10.2. The zero-order valence-corrected chi connectivity index (χ0v) is 15.1. The van der Waals surface area contributed by atoms with E-state index in [1.165, 1.54) is 0 Å².